The second-order valence-corrected chi connectivity index (χ2v) is 10.2. The van der Waals surface area contributed by atoms with Crippen LogP contribution in [0, 0.1) is 0 Å². The fourth-order valence-corrected chi connectivity index (χ4v) is 5.22. The van der Waals surface area contributed by atoms with E-state index in [-0.39, 0.29) is 0 Å². The third-order valence-corrected chi connectivity index (χ3v) is 7.33. The van der Waals surface area contributed by atoms with E-state index in [4.69, 9.17) is 33.2 Å². The van der Waals surface area contributed by atoms with Crippen LogP contribution in [0.4, 0.5) is 0 Å². The number of aliphatic hydroxyl groups is 6. The number of carbonyl (C=O) groups excluding carboxylic acids is 2. The predicted molar refractivity (Wildman–Crippen MR) is 133 cm³/mol. The smallest absolute Gasteiger partial charge is 0.217 e. The first-order valence-electron chi connectivity index (χ1n) is 13.2. The molecule has 0 spiro atoms. The molecule has 3 heterocycles. The number of hydrogen-bond donors (Lipinski definition) is 8. The fraction of sp³-hybridized carbons (Fsp3) is 0.917. The molecule has 0 saturated carbocycles. The molecular formula is C24H42N2O15. The van der Waals surface area contributed by atoms with Crippen LogP contribution in [0.15, 0.2) is 0 Å². The highest BCUT2D eigenvalue weighted by atomic mass is 16.7. The molecule has 17 heteroatoms. The summed E-state index contributed by atoms with van der Waals surface area (Å²) in [6.45, 7) is 2.86. The Morgan fingerprint density at radius 1 is 0.732 bits per heavy atom. The molecule has 0 aliphatic carbocycles. The highest BCUT2D eigenvalue weighted by molar-refractivity contribution is 5.73. The summed E-state index contributed by atoms with van der Waals surface area (Å²) >= 11 is 0. The molecule has 0 bridgehead atoms. The van der Waals surface area contributed by atoms with Gasteiger partial charge in [0.25, 0.3) is 0 Å². The summed E-state index contributed by atoms with van der Waals surface area (Å²) in [6, 6.07) is -2.60. The van der Waals surface area contributed by atoms with Crippen LogP contribution in [0.5, 0.6) is 0 Å². The van der Waals surface area contributed by atoms with Gasteiger partial charge in [-0.1, -0.05) is 0 Å². The number of aliphatic hydroxyl groups excluding tert-OH is 6. The zero-order chi connectivity index (χ0) is 30.6. The number of rotatable bonds is 10. The fourth-order valence-electron chi connectivity index (χ4n) is 5.22. The van der Waals surface area contributed by atoms with Gasteiger partial charge in [0, 0.05) is 28.1 Å². The summed E-state index contributed by atoms with van der Waals surface area (Å²) in [7, 11) is 2.57. The monoisotopic (exact) mass is 598 g/mol. The largest absolute Gasteiger partial charge is 0.394 e. The zero-order valence-corrected chi connectivity index (χ0v) is 23.4. The maximum atomic E-state index is 11.9. The zero-order valence-electron chi connectivity index (χ0n) is 23.4. The van der Waals surface area contributed by atoms with E-state index < -0.39 is 117 Å². The van der Waals surface area contributed by atoms with Gasteiger partial charge in [0.2, 0.25) is 11.8 Å². The molecule has 2 amide bonds. The first-order chi connectivity index (χ1) is 19.3. The lowest BCUT2D eigenvalue weighted by Gasteiger charge is -2.48. The van der Waals surface area contributed by atoms with Crippen LogP contribution in [0.1, 0.15) is 20.8 Å². The van der Waals surface area contributed by atoms with E-state index in [1.165, 1.54) is 35.0 Å². The summed E-state index contributed by atoms with van der Waals surface area (Å²) < 4.78 is 39.4. The minimum absolute atomic E-state index is 0.435. The highest BCUT2D eigenvalue weighted by Gasteiger charge is 2.52. The van der Waals surface area contributed by atoms with Gasteiger partial charge in [-0.15, -0.1) is 0 Å². The van der Waals surface area contributed by atoms with Crippen LogP contribution in [0.2, 0.25) is 0 Å². The molecule has 0 aromatic heterocycles. The van der Waals surface area contributed by atoms with E-state index in [1.54, 1.807) is 0 Å². The van der Waals surface area contributed by atoms with Gasteiger partial charge in [0.05, 0.1) is 19.3 Å². The summed E-state index contributed by atoms with van der Waals surface area (Å²) in [5, 5.41) is 67.9. The second-order valence-electron chi connectivity index (χ2n) is 10.2. The van der Waals surface area contributed by atoms with E-state index >= 15 is 0 Å². The number of methoxy groups -OCH3 is 2. The quantitative estimate of drug-likeness (QED) is 0.117. The molecule has 3 aliphatic heterocycles. The molecule has 8 unspecified atom stereocenters. The van der Waals surface area contributed by atoms with Crippen molar-refractivity contribution in [3.05, 3.63) is 0 Å². The Bertz CT molecular complexity index is 869. The Kier molecular flexibility index (Phi) is 12.2. The third-order valence-electron chi connectivity index (χ3n) is 7.33. The van der Waals surface area contributed by atoms with Gasteiger partial charge in [-0.3, -0.25) is 9.59 Å². The molecule has 3 fully saturated rings. The van der Waals surface area contributed by atoms with E-state index in [9.17, 15) is 40.2 Å². The Hall–Kier alpha value is -1.58. The standard InChI is InChI=1S/C24H42N2O15/c1-8-15(30)18(33)21(36-5)24(38-8)37-7-12-20(16(31)13(22(34)39-12)25-9(2)28)41-23-14(26-10(3)29)17(32)19(35-4)11(6-27)40-23/h8,11-24,27,30-34H,6-7H2,1-5H3,(H,25,28)(H,26,29)/t8?,11-,12?,13-,14?,15?,16+,17?,18-,19+,20?,21+,22?,23?,24+/m0/s1. The topological polar surface area (TPSA) is 244 Å². The van der Waals surface area contributed by atoms with Crippen molar-refractivity contribution < 1.29 is 73.4 Å². The summed E-state index contributed by atoms with van der Waals surface area (Å²) in [4.78, 5) is 23.7. The molecule has 0 radical (unpaired) electrons. The van der Waals surface area contributed by atoms with Crippen molar-refractivity contribution in [1.82, 2.24) is 10.6 Å². The number of hydrogen-bond acceptors (Lipinski definition) is 15. The summed E-state index contributed by atoms with van der Waals surface area (Å²) in [5.74, 6) is -1.14. The van der Waals surface area contributed by atoms with Gasteiger partial charge in [0.15, 0.2) is 18.9 Å². The molecule has 3 aliphatic rings. The van der Waals surface area contributed by atoms with Crippen LogP contribution >= 0.6 is 0 Å². The Morgan fingerprint density at radius 3 is 1.88 bits per heavy atom. The SMILES string of the molecule is CO[C@H]1[C@H](OCC2OC(O)[C@@H](NC(C)=O)[C@@H](O)C2OC2O[C@@H](CO)[C@@H](OC)C(O)C2NC(C)=O)OC(C)C(O)[C@@H]1O. The Morgan fingerprint density at radius 2 is 1.32 bits per heavy atom. The van der Waals surface area contributed by atoms with E-state index in [1.807, 2.05) is 0 Å². The van der Waals surface area contributed by atoms with Crippen molar-refractivity contribution in [3.8, 4) is 0 Å². The maximum Gasteiger partial charge on any atom is 0.217 e. The van der Waals surface area contributed by atoms with Crippen LogP contribution in [-0.2, 0) is 42.7 Å². The minimum atomic E-state index is -1.72. The molecule has 8 N–H and O–H groups in total. The van der Waals surface area contributed by atoms with Crippen LogP contribution in [0.3, 0.4) is 0 Å². The van der Waals surface area contributed by atoms with Gasteiger partial charge >= 0.3 is 0 Å². The summed E-state index contributed by atoms with van der Waals surface area (Å²) in [5.41, 5.74) is 0. The van der Waals surface area contributed by atoms with Crippen LogP contribution in [-0.4, -0.2) is 162 Å². The number of nitrogens with one attached hydrogen (secondary N) is 2. The van der Waals surface area contributed by atoms with Crippen molar-refractivity contribution >= 4 is 11.8 Å². The lowest BCUT2D eigenvalue weighted by Crippen LogP contribution is -2.69. The Balaban J connectivity index is 1.87. The molecule has 0 aromatic rings. The minimum Gasteiger partial charge on any atom is -0.394 e. The van der Waals surface area contributed by atoms with Gasteiger partial charge in [-0.25, -0.2) is 0 Å². The number of carbonyl (C=O) groups is 2. The molecule has 3 rings (SSSR count). The van der Waals surface area contributed by atoms with Crippen molar-refractivity contribution in [2.24, 2.45) is 0 Å². The first kappa shape index (κ1) is 33.9. The average Bonchev–Trinajstić information content (AvgIpc) is 2.91. The van der Waals surface area contributed by atoms with Gasteiger partial charge in [0.1, 0.15) is 67.0 Å². The van der Waals surface area contributed by atoms with E-state index in [0.717, 1.165) is 0 Å². The highest BCUT2D eigenvalue weighted by Crippen LogP contribution is 2.31. The van der Waals surface area contributed by atoms with E-state index in [2.05, 4.69) is 10.6 Å². The summed E-state index contributed by atoms with van der Waals surface area (Å²) in [6.07, 6.45) is -16.9. The van der Waals surface area contributed by atoms with Crippen molar-refractivity contribution in [2.75, 3.05) is 27.4 Å². The second kappa shape index (κ2) is 14.7. The van der Waals surface area contributed by atoms with Crippen molar-refractivity contribution in [2.45, 2.75) is 113 Å². The molecule has 15 atom stereocenters. The van der Waals surface area contributed by atoms with Crippen molar-refractivity contribution in [3.63, 3.8) is 0 Å². The lowest BCUT2D eigenvalue weighted by molar-refractivity contribution is -0.342. The van der Waals surface area contributed by atoms with Crippen LogP contribution in [0.25, 0.3) is 0 Å². The molecule has 3 saturated heterocycles. The van der Waals surface area contributed by atoms with Gasteiger partial charge < -0.3 is 74.4 Å². The molecule has 238 valence electrons. The van der Waals surface area contributed by atoms with Crippen LogP contribution < -0.4 is 10.6 Å². The van der Waals surface area contributed by atoms with Gasteiger partial charge in [-0.2, -0.15) is 0 Å². The van der Waals surface area contributed by atoms with E-state index in [0.29, 0.717) is 0 Å². The third kappa shape index (κ3) is 7.69. The molecule has 0 aromatic carbocycles. The normalized spacial score (nSPS) is 45.2. The molecule has 41 heavy (non-hydrogen) atoms. The lowest BCUT2D eigenvalue weighted by atomic mass is 9.94. The maximum absolute atomic E-state index is 11.9. The number of ether oxygens (including phenoxy) is 7. The van der Waals surface area contributed by atoms with Gasteiger partial charge in [-0.05, 0) is 6.92 Å². The Labute approximate surface area is 236 Å². The van der Waals surface area contributed by atoms with Crippen molar-refractivity contribution in [1.29, 1.82) is 0 Å². The predicted octanol–water partition coefficient (Wildman–Crippen LogP) is -4.95. The average molecular weight is 599 g/mol. The first-order valence-corrected chi connectivity index (χ1v) is 13.2. The number of amides is 2. The molecular weight excluding hydrogens is 556 g/mol. The molecule has 17 nitrogen and oxygen atoms in total.